The molecule has 0 aliphatic carbocycles. The van der Waals surface area contributed by atoms with Crippen molar-refractivity contribution < 1.29 is 13.5 Å². The molecule has 0 aromatic carbocycles. The van der Waals surface area contributed by atoms with Gasteiger partial charge in [-0.3, -0.25) is 0 Å². The molecule has 0 spiro atoms. The van der Waals surface area contributed by atoms with E-state index >= 15 is 0 Å². The van der Waals surface area contributed by atoms with Crippen LogP contribution in [0.1, 0.15) is 32.9 Å². The Kier molecular flexibility index (Phi) is 7.08. The summed E-state index contributed by atoms with van der Waals surface area (Å²) in [6.45, 7) is 6.34. The summed E-state index contributed by atoms with van der Waals surface area (Å²) in [5.74, 6) is 1.98. The van der Waals surface area contributed by atoms with Crippen molar-refractivity contribution in [2.45, 2.75) is 51.3 Å². The van der Waals surface area contributed by atoms with Crippen molar-refractivity contribution in [1.29, 1.82) is 0 Å². The van der Waals surface area contributed by atoms with Crippen LogP contribution in [0.15, 0.2) is 17.2 Å². The van der Waals surface area contributed by atoms with Crippen LogP contribution in [0.2, 0.25) is 0 Å². The molecule has 1 heterocycles. The van der Waals surface area contributed by atoms with E-state index in [-0.39, 0.29) is 17.5 Å². The highest BCUT2D eigenvalue weighted by Gasteiger charge is 2.20. The van der Waals surface area contributed by atoms with Crippen LogP contribution < -0.4 is 4.72 Å². The summed E-state index contributed by atoms with van der Waals surface area (Å²) in [5, 5.41) is 9.21. The Morgan fingerprint density at radius 2 is 2.15 bits per heavy atom. The lowest BCUT2D eigenvalue weighted by atomic mass is 10.3. The highest BCUT2D eigenvalue weighted by atomic mass is 32.2. The second-order valence-electron chi connectivity index (χ2n) is 4.62. The van der Waals surface area contributed by atoms with Gasteiger partial charge in [-0.2, -0.15) is 11.8 Å². The van der Waals surface area contributed by atoms with Crippen LogP contribution in [0, 0.1) is 0 Å². The van der Waals surface area contributed by atoms with Gasteiger partial charge in [-0.1, -0.05) is 6.92 Å². The highest BCUT2D eigenvalue weighted by Crippen LogP contribution is 2.16. The lowest BCUT2D eigenvalue weighted by Crippen LogP contribution is -2.32. The minimum atomic E-state index is -3.51. The molecular formula is C13H24N2O3S2. The van der Waals surface area contributed by atoms with E-state index in [1.54, 1.807) is 22.5 Å². The first-order valence-electron chi connectivity index (χ1n) is 6.84. The van der Waals surface area contributed by atoms with Gasteiger partial charge in [-0.15, -0.1) is 0 Å². The zero-order chi connectivity index (χ0) is 15.2. The predicted octanol–water partition coefficient (Wildman–Crippen LogP) is 1.81. The zero-order valence-electron chi connectivity index (χ0n) is 12.3. The molecule has 0 bridgehead atoms. The number of aryl methyl sites for hydroxylation is 1. The van der Waals surface area contributed by atoms with Crippen molar-refractivity contribution in [2.75, 3.05) is 11.5 Å². The molecule has 7 heteroatoms. The zero-order valence-corrected chi connectivity index (χ0v) is 13.9. The third-order valence-electron chi connectivity index (χ3n) is 3.03. The highest BCUT2D eigenvalue weighted by molar-refractivity contribution is 7.99. The molecule has 20 heavy (non-hydrogen) atoms. The Morgan fingerprint density at radius 1 is 1.45 bits per heavy atom. The fourth-order valence-electron chi connectivity index (χ4n) is 1.89. The van der Waals surface area contributed by atoms with E-state index in [1.807, 2.05) is 13.8 Å². The summed E-state index contributed by atoms with van der Waals surface area (Å²) in [5.41, 5.74) is 0.613. The average Bonchev–Trinajstić information content (AvgIpc) is 2.82. The van der Waals surface area contributed by atoms with Gasteiger partial charge in [0.15, 0.2) is 0 Å². The molecule has 1 aromatic heterocycles. The molecule has 1 unspecified atom stereocenters. The topological polar surface area (TPSA) is 71.3 Å². The van der Waals surface area contributed by atoms with Crippen LogP contribution >= 0.6 is 11.8 Å². The third kappa shape index (κ3) is 4.80. The fraction of sp³-hybridized carbons (Fsp3) is 0.692. The Hall–Kier alpha value is -0.500. The van der Waals surface area contributed by atoms with E-state index < -0.39 is 10.0 Å². The van der Waals surface area contributed by atoms with Crippen LogP contribution in [0.3, 0.4) is 0 Å². The molecule has 0 radical (unpaired) electrons. The summed E-state index contributed by atoms with van der Waals surface area (Å²) in [4.78, 5) is 0.221. The number of nitrogens with one attached hydrogen (secondary N) is 1. The summed E-state index contributed by atoms with van der Waals surface area (Å²) >= 11 is 1.80. The van der Waals surface area contributed by atoms with Gasteiger partial charge in [0.2, 0.25) is 10.0 Å². The maximum atomic E-state index is 12.3. The molecule has 0 saturated carbocycles. The maximum Gasteiger partial charge on any atom is 0.242 e. The standard InChI is InChI=1S/C13H24N2O3S2/c1-4-15-9-13(8-12(15)10-16)20(17,18)14-11(3)6-7-19-5-2/h8-9,11,14,16H,4-7,10H2,1-3H3. The Bertz CT molecular complexity index is 490. The molecule has 1 aromatic rings. The number of aromatic nitrogens is 1. The van der Waals surface area contributed by atoms with E-state index in [4.69, 9.17) is 0 Å². The summed E-state index contributed by atoms with van der Waals surface area (Å²) in [7, 11) is -3.51. The monoisotopic (exact) mass is 320 g/mol. The van der Waals surface area contributed by atoms with Gasteiger partial charge in [0, 0.05) is 24.5 Å². The van der Waals surface area contributed by atoms with Crippen molar-refractivity contribution in [1.82, 2.24) is 9.29 Å². The summed E-state index contributed by atoms with van der Waals surface area (Å²) in [6, 6.07) is 1.43. The van der Waals surface area contributed by atoms with Crippen LogP contribution in [0.25, 0.3) is 0 Å². The first-order chi connectivity index (χ1) is 9.44. The molecule has 0 aliphatic heterocycles. The number of thioether (sulfide) groups is 1. The van der Waals surface area contributed by atoms with Crippen molar-refractivity contribution in [2.24, 2.45) is 0 Å². The largest absolute Gasteiger partial charge is 0.390 e. The Labute approximate surface area is 125 Å². The summed E-state index contributed by atoms with van der Waals surface area (Å²) in [6.07, 6.45) is 2.38. The van der Waals surface area contributed by atoms with E-state index in [0.717, 1.165) is 17.9 Å². The number of rotatable bonds is 9. The smallest absolute Gasteiger partial charge is 0.242 e. The first-order valence-corrected chi connectivity index (χ1v) is 9.48. The van der Waals surface area contributed by atoms with E-state index in [1.165, 1.54) is 6.07 Å². The second-order valence-corrected chi connectivity index (χ2v) is 7.73. The Balaban J connectivity index is 2.75. The number of sulfonamides is 1. The van der Waals surface area contributed by atoms with Gasteiger partial charge in [0.25, 0.3) is 0 Å². The third-order valence-corrected chi connectivity index (χ3v) is 5.52. The summed E-state index contributed by atoms with van der Waals surface area (Å²) < 4.78 is 28.9. The lowest BCUT2D eigenvalue weighted by molar-refractivity contribution is 0.271. The van der Waals surface area contributed by atoms with Gasteiger partial charge >= 0.3 is 0 Å². The Morgan fingerprint density at radius 3 is 2.65 bits per heavy atom. The van der Waals surface area contributed by atoms with Gasteiger partial charge in [-0.25, -0.2) is 13.1 Å². The minimum Gasteiger partial charge on any atom is -0.390 e. The molecular weight excluding hydrogens is 296 g/mol. The number of nitrogens with zero attached hydrogens (tertiary/aromatic N) is 1. The SMILES string of the molecule is CCSCCC(C)NS(=O)(=O)c1cc(CO)n(CC)c1. The molecule has 1 atom stereocenters. The van der Waals surface area contributed by atoms with Crippen molar-refractivity contribution in [3.8, 4) is 0 Å². The molecule has 1 rings (SSSR count). The number of aliphatic hydroxyl groups is 1. The molecule has 5 nitrogen and oxygen atoms in total. The van der Waals surface area contributed by atoms with Gasteiger partial charge in [0.1, 0.15) is 0 Å². The molecule has 2 N–H and O–H groups in total. The number of aliphatic hydroxyl groups excluding tert-OH is 1. The molecule has 116 valence electrons. The predicted molar refractivity (Wildman–Crippen MR) is 83.4 cm³/mol. The first kappa shape index (κ1) is 17.6. The van der Waals surface area contributed by atoms with Crippen molar-refractivity contribution >= 4 is 21.8 Å². The van der Waals surface area contributed by atoms with Gasteiger partial charge < -0.3 is 9.67 Å². The van der Waals surface area contributed by atoms with Gasteiger partial charge in [-0.05, 0) is 37.8 Å². The van der Waals surface area contributed by atoms with Crippen LogP contribution in [0.5, 0.6) is 0 Å². The quantitative estimate of drug-likeness (QED) is 0.681. The molecule has 0 aliphatic rings. The normalized spacial score (nSPS) is 13.6. The average molecular weight is 320 g/mol. The van der Waals surface area contributed by atoms with Crippen LogP contribution in [-0.2, 0) is 23.2 Å². The van der Waals surface area contributed by atoms with E-state index in [2.05, 4.69) is 11.6 Å². The number of hydrogen-bond acceptors (Lipinski definition) is 4. The number of hydrogen-bond donors (Lipinski definition) is 2. The second kappa shape index (κ2) is 8.07. The van der Waals surface area contributed by atoms with E-state index in [0.29, 0.717) is 12.2 Å². The lowest BCUT2D eigenvalue weighted by Gasteiger charge is -2.12. The fourth-order valence-corrected chi connectivity index (χ4v) is 4.04. The van der Waals surface area contributed by atoms with Crippen molar-refractivity contribution in [3.63, 3.8) is 0 Å². The van der Waals surface area contributed by atoms with Crippen molar-refractivity contribution in [3.05, 3.63) is 18.0 Å². The maximum absolute atomic E-state index is 12.3. The molecule has 0 amide bonds. The van der Waals surface area contributed by atoms with E-state index in [9.17, 15) is 13.5 Å². The van der Waals surface area contributed by atoms with Crippen LogP contribution in [0.4, 0.5) is 0 Å². The van der Waals surface area contributed by atoms with Gasteiger partial charge in [0.05, 0.1) is 11.5 Å². The van der Waals surface area contributed by atoms with Crippen LogP contribution in [-0.4, -0.2) is 35.6 Å². The minimum absolute atomic E-state index is 0.0957. The molecule has 0 fully saturated rings. The molecule has 0 saturated heterocycles.